The van der Waals surface area contributed by atoms with E-state index in [0.717, 1.165) is 5.39 Å². The van der Waals surface area contributed by atoms with E-state index < -0.39 is 11.9 Å². The Labute approximate surface area is 180 Å². The zero-order valence-electron chi connectivity index (χ0n) is 16.3. The van der Waals surface area contributed by atoms with Gasteiger partial charge in [0.15, 0.2) is 23.7 Å². The minimum absolute atomic E-state index is 0.121. The van der Waals surface area contributed by atoms with Gasteiger partial charge in [-0.25, -0.2) is 10.2 Å². The molecule has 3 rings (SSSR count). The lowest BCUT2D eigenvalue weighted by molar-refractivity contribution is -0.145. The van der Waals surface area contributed by atoms with Gasteiger partial charge in [0.25, 0.3) is 0 Å². The van der Waals surface area contributed by atoms with Gasteiger partial charge in [0.05, 0.1) is 24.4 Å². The van der Waals surface area contributed by atoms with Crippen molar-refractivity contribution in [2.45, 2.75) is 6.92 Å². The number of halogens is 1. The van der Waals surface area contributed by atoms with Gasteiger partial charge >= 0.3 is 11.9 Å². The van der Waals surface area contributed by atoms with Gasteiger partial charge in [-0.2, -0.15) is 5.10 Å². The first kappa shape index (κ1) is 21.4. The highest BCUT2D eigenvalue weighted by Crippen LogP contribution is 2.28. The molecule has 0 bridgehead atoms. The van der Waals surface area contributed by atoms with E-state index in [4.69, 9.17) is 18.6 Å². The van der Waals surface area contributed by atoms with Gasteiger partial charge in [0.2, 0.25) is 0 Å². The lowest BCUT2D eigenvalue weighted by Crippen LogP contribution is -2.16. The van der Waals surface area contributed by atoms with Crippen molar-refractivity contribution in [3.8, 4) is 11.5 Å². The Morgan fingerprint density at radius 2 is 2.03 bits per heavy atom. The number of carbonyl (C=O) groups is 2. The maximum absolute atomic E-state index is 12.3. The molecule has 0 radical (unpaired) electrons. The van der Waals surface area contributed by atoms with Crippen LogP contribution in [0.1, 0.15) is 23.0 Å². The van der Waals surface area contributed by atoms with Crippen LogP contribution in [0.3, 0.4) is 0 Å². The lowest BCUT2D eigenvalue weighted by Gasteiger charge is -2.08. The van der Waals surface area contributed by atoms with E-state index in [1.807, 2.05) is 12.1 Å². The minimum Gasteiger partial charge on any atom is -0.493 e. The maximum atomic E-state index is 12.3. The monoisotopic (exact) mass is 474 g/mol. The highest BCUT2D eigenvalue weighted by molar-refractivity contribution is 9.10. The third kappa shape index (κ3) is 5.18. The molecule has 0 aliphatic heterocycles. The van der Waals surface area contributed by atoms with Gasteiger partial charge in [-0.1, -0.05) is 12.1 Å². The third-order valence-corrected chi connectivity index (χ3v) is 4.56. The molecule has 1 heterocycles. The van der Waals surface area contributed by atoms with Crippen LogP contribution in [0.25, 0.3) is 11.0 Å². The van der Waals surface area contributed by atoms with Crippen LogP contribution in [0.15, 0.2) is 56.5 Å². The van der Waals surface area contributed by atoms with E-state index in [0.29, 0.717) is 33.7 Å². The fourth-order valence-electron chi connectivity index (χ4n) is 2.58. The number of methoxy groups -OCH3 is 1. The summed E-state index contributed by atoms with van der Waals surface area (Å²) in [5, 5.41) is 4.70. The number of ether oxygens (including phenoxy) is 3. The Morgan fingerprint density at radius 3 is 2.77 bits per heavy atom. The van der Waals surface area contributed by atoms with Crippen LogP contribution in [-0.4, -0.2) is 38.4 Å². The van der Waals surface area contributed by atoms with Crippen LogP contribution in [0, 0.1) is 0 Å². The summed E-state index contributed by atoms with van der Waals surface area (Å²) < 4.78 is 21.7. The SMILES string of the molecule is CCOC(=O)COc1ccc(/C=N\NC(=O)c2cc3cccc(OC)c3o2)cc1Br. The Bertz CT molecular complexity index is 1090. The number of nitrogens with zero attached hydrogens (tertiary/aromatic N) is 1. The van der Waals surface area contributed by atoms with Crippen LogP contribution < -0.4 is 14.9 Å². The van der Waals surface area contributed by atoms with Gasteiger partial charge in [0.1, 0.15) is 5.75 Å². The van der Waals surface area contributed by atoms with Crippen LogP contribution in [0.5, 0.6) is 11.5 Å². The molecule has 0 atom stereocenters. The highest BCUT2D eigenvalue weighted by Gasteiger charge is 2.14. The number of fused-ring (bicyclic) bond motifs is 1. The van der Waals surface area contributed by atoms with Gasteiger partial charge < -0.3 is 18.6 Å². The number of nitrogens with one attached hydrogen (secondary N) is 1. The molecule has 0 saturated carbocycles. The molecule has 9 heteroatoms. The number of esters is 1. The molecule has 1 aromatic heterocycles. The maximum Gasteiger partial charge on any atom is 0.344 e. The Morgan fingerprint density at radius 1 is 1.20 bits per heavy atom. The number of benzene rings is 2. The van der Waals surface area contributed by atoms with E-state index >= 15 is 0 Å². The summed E-state index contributed by atoms with van der Waals surface area (Å²) in [6.07, 6.45) is 1.47. The first-order valence-corrected chi connectivity index (χ1v) is 9.79. The van der Waals surface area contributed by atoms with Crippen LogP contribution >= 0.6 is 15.9 Å². The van der Waals surface area contributed by atoms with E-state index in [2.05, 4.69) is 26.5 Å². The second-order valence-electron chi connectivity index (χ2n) is 5.97. The summed E-state index contributed by atoms with van der Waals surface area (Å²) >= 11 is 3.37. The molecule has 8 nitrogen and oxygen atoms in total. The first-order valence-electron chi connectivity index (χ1n) is 8.99. The molecule has 0 fully saturated rings. The topological polar surface area (TPSA) is 99.4 Å². The number of amides is 1. The number of hydrazone groups is 1. The summed E-state index contributed by atoms with van der Waals surface area (Å²) in [6, 6.07) is 12.2. The van der Waals surface area contributed by atoms with Crippen LogP contribution in [0.2, 0.25) is 0 Å². The number of furan rings is 1. The van der Waals surface area contributed by atoms with Crippen LogP contribution in [-0.2, 0) is 9.53 Å². The van der Waals surface area contributed by atoms with Crippen molar-refractivity contribution in [2.24, 2.45) is 5.10 Å². The molecule has 156 valence electrons. The van der Waals surface area contributed by atoms with Crippen molar-refractivity contribution in [3.63, 3.8) is 0 Å². The normalized spacial score (nSPS) is 10.9. The molecule has 0 aliphatic rings. The number of carbonyl (C=O) groups excluding carboxylic acids is 2. The predicted octanol–water partition coefficient (Wildman–Crippen LogP) is 3.91. The molecule has 2 aromatic carbocycles. The summed E-state index contributed by atoms with van der Waals surface area (Å²) in [4.78, 5) is 23.7. The van der Waals surface area contributed by atoms with Crippen LogP contribution in [0.4, 0.5) is 0 Å². The zero-order valence-corrected chi connectivity index (χ0v) is 17.9. The van der Waals surface area contributed by atoms with Gasteiger partial charge in [-0.3, -0.25) is 4.79 Å². The first-order chi connectivity index (χ1) is 14.5. The van der Waals surface area contributed by atoms with Crippen molar-refractivity contribution in [3.05, 3.63) is 58.3 Å². The van der Waals surface area contributed by atoms with E-state index in [-0.39, 0.29) is 12.4 Å². The van der Waals surface area contributed by atoms with E-state index in [9.17, 15) is 9.59 Å². The zero-order chi connectivity index (χ0) is 21.5. The minimum atomic E-state index is -0.488. The molecule has 3 aromatic rings. The Hall–Kier alpha value is -3.33. The molecule has 0 unspecified atom stereocenters. The quantitative estimate of drug-likeness (QED) is 0.301. The van der Waals surface area contributed by atoms with Crippen molar-refractivity contribution >= 4 is 45.0 Å². The number of hydrogen-bond acceptors (Lipinski definition) is 7. The average molecular weight is 475 g/mol. The number of rotatable bonds is 8. The summed E-state index contributed by atoms with van der Waals surface area (Å²) in [5.41, 5.74) is 3.62. The third-order valence-electron chi connectivity index (χ3n) is 3.94. The second-order valence-corrected chi connectivity index (χ2v) is 6.83. The van der Waals surface area contributed by atoms with Crippen molar-refractivity contribution in [1.82, 2.24) is 5.43 Å². The smallest absolute Gasteiger partial charge is 0.344 e. The second kappa shape index (κ2) is 9.93. The molecule has 0 spiro atoms. The van der Waals surface area contributed by atoms with E-state index in [1.165, 1.54) is 13.3 Å². The average Bonchev–Trinajstić information content (AvgIpc) is 3.18. The number of hydrogen-bond donors (Lipinski definition) is 1. The van der Waals surface area contributed by atoms with Crippen molar-refractivity contribution in [1.29, 1.82) is 0 Å². The fraction of sp³-hybridized carbons (Fsp3) is 0.190. The Balaban J connectivity index is 1.61. The number of para-hydroxylation sites is 1. The van der Waals surface area contributed by atoms with Gasteiger partial charge in [-0.05, 0) is 58.7 Å². The van der Waals surface area contributed by atoms with Crippen molar-refractivity contribution < 1.29 is 28.2 Å². The van der Waals surface area contributed by atoms with E-state index in [1.54, 1.807) is 37.3 Å². The predicted molar refractivity (Wildman–Crippen MR) is 114 cm³/mol. The lowest BCUT2D eigenvalue weighted by atomic mass is 10.2. The molecule has 30 heavy (non-hydrogen) atoms. The molecule has 1 amide bonds. The summed E-state index contributed by atoms with van der Waals surface area (Å²) in [7, 11) is 1.53. The molecular weight excluding hydrogens is 456 g/mol. The summed E-state index contributed by atoms with van der Waals surface area (Å²) in [5.74, 6) is 0.222. The summed E-state index contributed by atoms with van der Waals surface area (Å²) in [6.45, 7) is 1.84. The molecule has 1 N–H and O–H groups in total. The van der Waals surface area contributed by atoms with Gasteiger partial charge in [-0.15, -0.1) is 0 Å². The molecule has 0 aliphatic carbocycles. The Kier molecular flexibility index (Phi) is 7.08. The van der Waals surface area contributed by atoms with Crippen molar-refractivity contribution in [2.75, 3.05) is 20.3 Å². The standard InChI is InChI=1S/C21H19BrN2O6/c1-3-28-19(25)12-29-16-8-7-13(9-15(16)22)11-23-24-21(26)18-10-14-5-4-6-17(27-2)20(14)30-18/h4-11H,3,12H2,1-2H3,(H,24,26)/b23-11-. The molecule has 0 saturated heterocycles. The molecular formula is C21H19BrN2O6. The fourth-order valence-corrected chi connectivity index (χ4v) is 3.09. The highest BCUT2D eigenvalue weighted by atomic mass is 79.9. The van der Waals surface area contributed by atoms with Gasteiger partial charge in [0, 0.05) is 5.39 Å². The largest absolute Gasteiger partial charge is 0.493 e.